The van der Waals surface area contributed by atoms with Gasteiger partial charge in [-0.3, -0.25) is 0 Å². The quantitative estimate of drug-likeness (QED) is 0.764. The van der Waals surface area contributed by atoms with E-state index < -0.39 is 15.3 Å². The summed E-state index contributed by atoms with van der Waals surface area (Å²) in [5.41, 5.74) is 2.08. The molecule has 0 bridgehead atoms. The summed E-state index contributed by atoms with van der Waals surface area (Å²) in [4.78, 5) is 0. The van der Waals surface area contributed by atoms with E-state index in [9.17, 15) is 8.42 Å². The topological polar surface area (TPSA) is 90.7 Å². The first-order valence-electron chi connectivity index (χ1n) is 8.44. The van der Waals surface area contributed by atoms with E-state index in [0.29, 0.717) is 12.8 Å². The predicted octanol–water partition coefficient (Wildman–Crippen LogP) is 1.49. The first-order valence-corrected chi connectivity index (χ1v) is 10.0. The lowest BCUT2D eigenvalue weighted by molar-refractivity contribution is 0.263. The van der Waals surface area contributed by atoms with Crippen LogP contribution in [0.15, 0.2) is 48.5 Å². The summed E-state index contributed by atoms with van der Waals surface area (Å²) >= 11 is 0. The SMILES string of the molecule is COc1ccc(CC2NC(Cc3ccc(OC)cc3)C2S(N)(=O)=O)cc1. The number of methoxy groups -OCH3 is 2. The highest BCUT2D eigenvalue weighted by Gasteiger charge is 2.47. The minimum absolute atomic E-state index is 0.193. The summed E-state index contributed by atoms with van der Waals surface area (Å²) < 4.78 is 34.5. The fourth-order valence-corrected chi connectivity index (χ4v) is 4.73. The lowest BCUT2D eigenvalue weighted by Crippen LogP contribution is -2.70. The van der Waals surface area contributed by atoms with Crippen molar-refractivity contribution in [1.82, 2.24) is 5.32 Å². The number of sulfonamides is 1. The second-order valence-electron chi connectivity index (χ2n) is 6.54. The maximum absolute atomic E-state index is 12.1. The normalized spacial score (nSPS) is 22.5. The van der Waals surface area contributed by atoms with E-state index in [1.165, 1.54) is 0 Å². The molecule has 2 atom stereocenters. The third-order valence-electron chi connectivity index (χ3n) is 4.83. The Morgan fingerprint density at radius 3 is 1.54 bits per heavy atom. The molecule has 26 heavy (non-hydrogen) atoms. The zero-order valence-electron chi connectivity index (χ0n) is 14.9. The number of benzene rings is 2. The predicted molar refractivity (Wildman–Crippen MR) is 101 cm³/mol. The van der Waals surface area contributed by atoms with Crippen molar-refractivity contribution in [2.45, 2.75) is 30.2 Å². The van der Waals surface area contributed by atoms with E-state index in [1.54, 1.807) is 14.2 Å². The fourth-order valence-electron chi connectivity index (χ4n) is 3.47. The van der Waals surface area contributed by atoms with Crippen LogP contribution in [0.3, 0.4) is 0 Å². The molecular formula is C19H24N2O4S. The van der Waals surface area contributed by atoms with Gasteiger partial charge in [0.1, 0.15) is 16.7 Å². The van der Waals surface area contributed by atoms with Crippen molar-refractivity contribution < 1.29 is 17.9 Å². The summed E-state index contributed by atoms with van der Waals surface area (Å²) in [6, 6.07) is 14.9. The zero-order valence-corrected chi connectivity index (χ0v) is 15.7. The first kappa shape index (κ1) is 18.7. The van der Waals surface area contributed by atoms with Crippen LogP contribution < -0.4 is 19.9 Å². The molecule has 7 heteroatoms. The number of ether oxygens (including phenoxy) is 2. The van der Waals surface area contributed by atoms with Crippen molar-refractivity contribution in [2.75, 3.05) is 14.2 Å². The Bertz CT molecular complexity index is 779. The second-order valence-corrected chi connectivity index (χ2v) is 8.26. The van der Waals surface area contributed by atoms with Gasteiger partial charge in [0.25, 0.3) is 0 Å². The Morgan fingerprint density at radius 2 is 1.23 bits per heavy atom. The van der Waals surface area contributed by atoms with Gasteiger partial charge in [-0.2, -0.15) is 0 Å². The van der Waals surface area contributed by atoms with Crippen molar-refractivity contribution in [2.24, 2.45) is 5.14 Å². The molecule has 3 rings (SSSR count). The minimum atomic E-state index is -3.64. The van der Waals surface area contributed by atoms with Crippen molar-refractivity contribution >= 4 is 10.0 Å². The van der Waals surface area contributed by atoms with Crippen LogP contribution in [0.4, 0.5) is 0 Å². The van der Waals surface area contributed by atoms with Crippen LogP contribution in [0.2, 0.25) is 0 Å². The van der Waals surface area contributed by atoms with E-state index in [0.717, 1.165) is 22.6 Å². The summed E-state index contributed by atoms with van der Waals surface area (Å²) in [7, 11) is -0.413. The highest BCUT2D eigenvalue weighted by atomic mass is 32.2. The van der Waals surface area contributed by atoms with E-state index in [2.05, 4.69) is 5.32 Å². The van der Waals surface area contributed by atoms with Crippen LogP contribution in [0.25, 0.3) is 0 Å². The van der Waals surface area contributed by atoms with Gasteiger partial charge in [0.2, 0.25) is 10.0 Å². The number of hydrogen-bond acceptors (Lipinski definition) is 5. The monoisotopic (exact) mass is 376 g/mol. The molecule has 140 valence electrons. The third kappa shape index (κ3) is 4.17. The molecule has 1 fully saturated rings. The molecule has 1 aliphatic rings. The van der Waals surface area contributed by atoms with Gasteiger partial charge in [0, 0.05) is 12.1 Å². The average molecular weight is 376 g/mol. The van der Waals surface area contributed by atoms with Crippen molar-refractivity contribution in [3.8, 4) is 11.5 Å². The minimum Gasteiger partial charge on any atom is -0.497 e. The second kappa shape index (κ2) is 7.65. The largest absolute Gasteiger partial charge is 0.497 e. The number of rotatable bonds is 7. The lowest BCUT2D eigenvalue weighted by Gasteiger charge is -2.45. The molecule has 0 spiro atoms. The third-order valence-corrected chi connectivity index (χ3v) is 6.25. The highest BCUT2D eigenvalue weighted by molar-refractivity contribution is 7.90. The molecule has 1 aliphatic heterocycles. The van der Waals surface area contributed by atoms with Gasteiger partial charge in [-0.25, -0.2) is 13.6 Å². The number of hydrogen-bond donors (Lipinski definition) is 2. The smallest absolute Gasteiger partial charge is 0.215 e. The van der Waals surface area contributed by atoms with Crippen LogP contribution in [0, 0.1) is 0 Å². The summed E-state index contributed by atoms with van der Waals surface area (Å²) in [5, 5.41) is 8.28. The van der Waals surface area contributed by atoms with E-state index in [1.807, 2.05) is 48.5 Å². The number of nitrogens with two attached hydrogens (primary N) is 1. The average Bonchev–Trinajstić information content (AvgIpc) is 2.60. The Labute approximate surface area is 154 Å². The fraction of sp³-hybridized carbons (Fsp3) is 0.368. The molecule has 0 aliphatic carbocycles. The van der Waals surface area contributed by atoms with Crippen LogP contribution >= 0.6 is 0 Å². The lowest BCUT2D eigenvalue weighted by atomic mass is 9.87. The van der Waals surface area contributed by atoms with Crippen LogP contribution in [0.1, 0.15) is 11.1 Å². The molecule has 0 amide bonds. The van der Waals surface area contributed by atoms with Crippen molar-refractivity contribution in [1.29, 1.82) is 0 Å². The van der Waals surface area contributed by atoms with Crippen LogP contribution in [0.5, 0.6) is 11.5 Å². The molecular weight excluding hydrogens is 352 g/mol. The van der Waals surface area contributed by atoms with Crippen molar-refractivity contribution in [3.63, 3.8) is 0 Å². The Kier molecular flexibility index (Phi) is 5.50. The summed E-state index contributed by atoms with van der Waals surface area (Å²) in [6.45, 7) is 0. The standard InChI is InChI=1S/C19H24N2O4S/c1-24-15-7-3-13(4-8-15)11-17-19(26(20,22)23)18(21-17)12-14-5-9-16(25-2)10-6-14/h3-10,17-19,21H,11-12H2,1-2H3,(H2,20,22,23). The summed E-state index contributed by atoms with van der Waals surface area (Å²) in [5.74, 6) is 1.55. The van der Waals surface area contributed by atoms with Gasteiger partial charge in [-0.15, -0.1) is 0 Å². The molecule has 2 aromatic carbocycles. The van der Waals surface area contributed by atoms with E-state index in [4.69, 9.17) is 14.6 Å². The molecule has 2 aromatic rings. The molecule has 2 unspecified atom stereocenters. The molecule has 0 saturated carbocycles. The van der Waals surface area contributed by atoms with E-state index in [-0.39, 0.29) is 12.1 Å². The molecule has 6 nitrogen and oxygen atoms in total. The molecule has 3 N–H and O–H groups in total. The maximum atomic E-state index is 12.1. The van der Waals surface area contributed by atoms with Gasteiger partial charge >= 0.3 is 0 Å². The number of primary sulfonamides is 1. The highest BCUT2D eigenvalue weighted by Crippen LogP contribution is 2.27. The van der Waals surface area contributed by atoms with Gasteiger partial charge in [0.15, 0.2) is 0 Å². The molecule has 0 radical (unpaired) electrons. The van der Waals surface area contributed by atoms with Gasteiger partial charge < -0.3 is 14.8 Å². The number of nitrogens with one attached hydrogen (secondary N) is 1. The molecule has 1 saturated heterocycles. The van der Waals surface area contributed by atoms with Gasteiger partial charge in [-0.05, 0) is 48.2 Å². The Morgan fingerprint density at radius 1 is 0.846 bits per heavy atom. The first-order chi connectivity index (χ1) is 12.4. The van der Waals surface area contributed by atoms with E-state index >= 15 is 0 Å². The van der Waals surface area contributed by atoms with Crippen LogP contribution in [-0.2, 0) is 22.9 Å². The maximum Gasteiger partial charge on any atom is 0.215 e. The zero-order chi connectivity index (χ0) is 18.7. The molecule has 0 aromatic heterocycles. The van der Waals surface area contributed by atoms with Gasteiger partial charge in [0.05, 0.1) is 14.2 Å². The summed E-state index contributed by atoms with van der Waals surface area (Å²) in [6.07, 6.45) is 1.20. The van der Waals surface area contributed by atoms with Crippen LogP contribution in [-0.4, -0.2) is 40.0 Å². The Hall–Kier alpha value is -2.09. The Balaban J connectivity index is 1.68. The van der Waals surface area contributed by atoms with Crippen molar-refractivity contribution in [3.05, 3.63) is 59.7 Å². The van der Waals surface area contributed by atoms with Gasteiger partial charge in [-0.1, -0.05) is 24.3 Å². The molecule has 1 heterocycles.